The molecule has 1 aromatic rings. The van der Waals surface area contributed by atoms with Gasteiger partial charge in [0.15, 0.2) is 0 Å². The van der Waals surface area contributed by atoms with Crippen LogP contribution in [0.25, 0.3) is 0 Å². The molecule has 6 heteroatoms. The van der Waals surface area contributed by atoms with Gasteiger partial charge in [-0.3, -0.25) is 5.21 Å². The van der Waals surface area contributed by atoms with Gasteiger partial charge < -0.3 is 5.32 Å². The highest BCUT2D eigenvalue weighted by Crippen LogP contribution is 2.25. The maximum atomic E-state index is 11.0. The van der Waals surface area contributed by atoms with E-state index in [1.807, 2.05) is 0 Å². The molecule has 0 bridgehead atoms. The average Bonchev–Trinajstić information content (AvgIpc) is 2.09. The highest BCUT2D eigenvalue weighted by Gasteiger charge is 2.08. The van der Waals surface area contributed by atoms with Crippen LogP contribution in [-0.2, 0) is 0 Å². The third-order valence-electron chi connectivity index (χ3n) is 1.47. The molecule has 1 aromatic carbocycles. The van der Waals surface area contributed by atoms with Crippen LogP contribution in [0.5, 0.6) is 0 Å². The Balaban J connectivity index is 2.82. The predicted molar refractivity (Wildman–Crippen MR) is 55.0 cm³/mol. The van der Waals surface area contributed by atoms with E-state index in [-0.39, 0.29) is 0 Å². The van der Waals surface area contributed by atoms with Crippen molar-refractivity contribution < 1.29 is 10.0 Å². The molecule has 4 nitrogen and oxygen atoms in total. The van der Waals surface area contributed by atoms with E-state index >= 15 is 0 Å². The maximum absolute atomic E-state index is 11.0. The molecule has 0 aromatic heterocycles. The van der Waals surface area contributed by atoms with Gasteiger partial charge in [0.1, 0.15) is 0 Å². The number of hydroxylamine groups is 2. The Morgan fingerprint density at radius 3 is 2.64 bits per heavy atom. The van der Waals surface area contributed by atoms with Gasteiger partial charge in [0.25, 0.3) is 0 Å². The van der Waals surface area contributed by atoms with Crippen LogP contribution in [-0.4, -0.2) is 23.3 Å². The van der Waals surface area contributed by atoms with E-state index in [1.54, 1.807) is 12.1 Å². The zero-order chi connectivity index (χ0) is 10.7. The molecule has 1 rings (SSSR count). The molecule has 14 heavy (non-hydrogen) atoms. The monoisotopic (exact) mass is 234 g/mol. The largest absolute Gasteiger partial charge is 0.345 e. The first kappa shape index (κ1) is 11.1. The van der Waals surface area contributed by atoms with Gasteiger partial charge in [-0.05, 0) is 18.2 Å². The number of hydrogen-bond donors (Lipinski definition) is 2. The molecule has 0 unspecified atom stereocenters. The lowest BCUT2D eigenvalue weighted by Gasteiger charge is -2.11. The Kier molecular flexibility index (Phi) is 3.57. The summed E-state index contributed by atoms with van der Waals surface area (Å²) in [5, 5.41) is 12.4. The molecule has 0 fully saturated rings. The van der Waals surface area contributed by atoms with Crippen molar-refractivity contribution in [3.63, 3.8) is 0 Å². The smallest absolute Gasteiger partial charge is 0.305 e. The van der Waals surface area contributed by atoms with Crippen LogP contribution in [0.4, 0.5) is 10.5 Å². The van der Waals surface area contributed by atoms with Crippen molar-refractivity contribution in [3.8, 4) is 0 Å². The maximum Gasteiger partial charge on any atom is 0.345 e. The molecule has 2 amide bonds. The second-order valence-corrected chi connectivity index (χ2v) is 3.42. The Morgan fingerprint density at radius 1 is 1.50 bits per heavy atom. The quantitative estimate of drug-likeness (QED) is 0.580. The van der Waals surface area contributed by atoms with Gasteiger partial charge in [-0.15, -0.1) is 0 Å². The van der Waals surface area contributed by atoms with E-state index in [9.17, 15) is 4.79 Å². The first-order chi connectivity index (χ1) is 6.50. The van der Waals surface area contributed by atoms with Gasteiger partial charge in [0.2, 0.25) is 0 Å². The molecular formula is C8H8Cl2N2O2. The minimum atomic E-state index is -0.672. The number of carbonyl (C=O) groups is 1. The van der Waals surface area contributed by atoms with Crippen molar-refractivity contribution in [2.45, 2.75) is 0 Å². The van der Waals surface area contributed by atoms with Crippen LogP contribution < -0.4 is 5.32 Å². The molecule has 0 aliphatic heterocycles. The SMILES string of the molecule is CN(O)C(=O)Nc1ccc(Cl)cc1Cl. The first-order valence-electron chi connectivity index (χ1n) is 3.69. The summed E-state index contributed by atoms with van der Waals surface area (Å²) in [6.07, 6.45) is 0. The molecule has 76 valence electrons. The van der Waals surface area contributed by atoms with Gasteiger partial charge in [-0.1, -0.05) is 23.2 Å². The van der Waals surface area contributed by atoms with Gasteiger partial charge in [0.05, 0.1) is 10.7 Å². The van der Waals surface area contributed by atoms with Crippen LogP contribution in [0.2, 0.25) is 10.0 Å². The van der Waals surface area contributed by atoms with Crippen LogP contribution in [0, 0.1) is 0 Å². The summed E-state index contributed by atoms with van der Waals surface area (Å²) in [6.45, 7) is 0. The van der Waals surface area contributed by atoms with E-state index in [4.69, 9.17) is 28.4 Å². The Bertz CT molecular complexity index is 355. The fourth-order valence-electron chi connectivity index (χ4n) is 0.787. The second-order valence-electron chi connectivity index (χ2n) is 2.58. The summed E-state index contributed by atoms with van der Waals surface area (Å²) in [7, 11) is 1.21. The second kappa shape index (κ2) is 4.50. The van der Waals surface area contributed by atoms with Crippen molar-refractivity contribution in [1.29, 1.82) is 0 Å². The number of amides is 2. The number of rotatable bonds is 1. The summed E-state index contributed by atoms with van der Waals surface area (Å²) in [5.74, 6) is 0. The predicted octanol–water partition coefficient (Wildman–Crippen LogP) is 2.85. The molecule has 0 aliphatic rings. The average molecular weight is 235 g/mol. The van der Waals surface area contributed by atoms with E-state index in [2.05, 4.69) is 5.32 Å². The van der Waals surface area contributed by atoms with E-state index in [1.165, 1.54) is 13.1 Å². The minimum Gasteiger partial charge on any atom is -0.305 e. The number of nitrogens with one attached hydrogen (secondary N) is 1. The van der Waals surface area contributed by atoms with E-state index in [0.717, 1.165) is 0 Å². The van der Waals surface area contributed by atoms with Crippen LogP contribution in [0.3, 0.4) is 0 Å². The van der Waals surface area contributed by atoms with Crippen LogP contribution >= 0.6 is 23.2 Å². The van der Waals surface area contributed by atoms with E-state index < -0.39 is 6.03 Å². The Labute approximate surface area is 91.0 Å². The van der Waals surface area contributed by atoms with E-state index in [0.29, 0.717) is 20.8 Å². The highest BCUT2D eigenvalue weighted by atomic mass is 35.5. The first-order valence-corrected chi connectivity index (χ1v) is 4.45. The number of urea groups is 1. The molecular weight excluding hydrogens is 227 g/mol. The number of carbonyl (C=O) groups excluding carboxylic acids is 1. The van der Waals surface area contributed by atoms with Crippen LogP contribution in [0.1, 0.15) is 0 Å². The molecule has 0 spiro atoms. The zero-order valence-corrected chi connectivity index (χ0v) is 8.80. The topological polar surface area (TPSA) is 52.6 Å². The lowest BCUT2D eigenvalue weighted by Crippen LogP contribution is -2.28. The number of anilines is 1. The van der Waals surface area contributed by atoms with Crippen molar-refractivity contribution in [2.24, 2.45) is 0 Å². The van der Waals surface area contributed by atoms with Gasteiger partial charge >= 0.3 is 6.03 Å². The minimum absolute atomic E-state index is 0.313. The third-order valence-corrected chi connectivity index (χ3v) is 2.01. The summed E-state index contributed by atoms with van der Waals surface area (Å²) in [5.41, 5.74) is 0.391. The standard InChI is InChI=1S/C8H8Cl2N2O2/c1-12(14)8(13)11-7-3-2-5(9)4-6(7)10/h2-4,14H,1H3,(H,11,13). The van der Waals surface area contributed by atoms with Crippen molar-refractivity contribution in [2.75, 3.05) is 12.4 Å². The van der Waals surface area contributed by atoms with Crippen LogP contribution in [0.15, 0.2) is 18.2 Å². The molecule has 0 heterocycles. The zero-order valence-electron chi connectivity index (χ0n) is 7.29. The molecule has 0 radical (unpaired) electrons. The normalized spacial score (nSPS) is 9.71. The summed E-state index contributed by atoms with van der Waals surface area (Å²) < 4.78 is 0. The van der Waals surface area contributed by atoms with Gasteiger partial charge in [-0.2, -0.15) is 0 Å². The lowest BCUT2D eigenvalue weighted by atomic mass is 10.3. The fraction of sp³-hybridized carbons (Fsp3) is 0.125. The number of hydrogen-bond acceptors (Lipinski definition) is 2. The summed E-state index contributed by atoms with van der Waals surface area (Å²) >= 11 is 11.4. The van der Waals surface area contributed by atoms with Crippen molar-refractivity contribution >= 4 is 34.9 Å². The Hall–Kier alpha value is -0.970. The number of benzene rings is 1. The third kappa shape index (κ3) is 2.77. The van der Waals surface area contributed by atoms with Crippen molar-refractivity contribution in [3.05, 3.63) is 28.2 Å². The summed E-state index contributed by atoms with van der Waals surface area (Å²) in [4.78, 5) is 11.0. The molecule has 2 N–H and O–H groups in total. The fourth-order valence-corrected chi connectivity index (χ4v) is 1.24. The number of nitrogens with zero attached hydrogens (tertiary/aromatic N) is 1. The van der Waals surface area contributed by atoms with Gasteiger partial charge in [0, 0.05) is 12.1 Å². The summed E-state index contributed by atoms with van der Waals surface area (Å²) in [6, 6.07) is 3.96. The molecule has 0 atom stereocenters. The Morgan fingerprint density at radius 2 is 2.14 bits per heavy atom. The number of halogens is 2. The van der Waals surface area contributed by atoms with Gasteiger partial charge in [-0.25, -0.2) is 9.86 Å². The molecule has 0 aliphatic carbocycles. The van der Waals surface area contributed by atoms with Crippen molar-refractivity contribution in [1.82, 2.24) is 5.06 Å². The highest BCUT2D eigenvalue weighted by molar-refractivity contribution is 6.36. The lowest BCUT2D eigenvalue weighted by molar-refractivity contribution is -0.0118. The molecule has 0 saturated carbocycles. The molecule has 0 saturated heterocycles.